The minimum Gasteiger partial charge on any atom is -0.262 e. The van der Waals surface area contributed by atoms with Crippen LogP contribution >= 0.6 is 0 Å². The van der Waals surface area contributed by atoms with Gasteiger partial charge in [-0.2, -0.15) is 10.4 Å². The van der Waals surface area contributed by atoms with E-state index in [0.717, 1.165) is 0 Å². The van der Waals surface area contributed by atoms with Crippen molar-refractivity contribution in [1.82, 2.24) is 5.48 Å². The van der Waals surface area contributed by atoms with Crippen LogP contribution in [0.1, 0.15) is 0 Å². The molecule has 0 unspecified atom stereocenters. The number of nitrogens with one attached hydrogen (secondary N) is 1. The largest absolute Gasteiger partial charge is 0.262 e. The van der Waals surface area contributed by atoms with Crippen LogP contribution in [0.15, 0.2) is 30.3 Å². The predicted molar refractivity (Wildman–Crippen MR) is 40.9 cm³/mol. The lowest BCUT2D eigenvalue weighted by Crippen LogP contribution is -2.25. The van der Waals surface area contributed by atoms with E-state index < -0.39 is 0 Å². The zero-order valence-corrected chi connectivity index (χ0v) is 6.19. The zero-order chi connectivity index (χ0) is 8.10. The maximum Gasteiger partial charge on any atom is 0.0963 e. The molecule has 0 aliphatic heterocycles. The fourth-order valence-corrected chi connectivity index (χ4v) is 0.695. The molecule has 1 rings (SSSR count). The van der Waals surface area contributed by atoms with Gasteiger partial charge in [0.1, 0.15) is 0 Å². The monoisotopic (exact) mass is 154 g/mol. The van der Waals surface area contributed by atoms with Crippen molar-refractivity contribution in [2.45, 2.75) is 0 Å². The molecular formula is C7H10N2O2. The molecular weight excluding hydrogens is 144 g/mol. The van der Waals surface area contributed by atoms with Gasteiger partial charge in [0.25, 0.3) is 0 Å². The summed E-state index contributed by atoms with van der Waals surface area (Å²) >= 11 is 0. The van der Waals surface area contributed by atoms with Crippen molar-refractivity contribution < 1.29 is 10.1 Å². The molecule has 4 heteroatoms. The summed E-state index contributed by atoms with van der Waals surface area (Å²) in [5.74, 6) is 0. The molecule has 2 N–H and O–H groups in total. The van der Waals surface area contributed by atoms with E-state index in [9.17, 15) is 0 Å². The van der Waals surface area contributed by atoms with Crippen LogP contribution in [-0.2, 0) is 4.94 Å². The maximum atomic E-state index is 9.07. The third kappa shape index (κ3) is 2.19. The minimum atomic E-state index is 0.571. The Morgan fingerprint density at radius 2 is 2.00 bits per heavy atom. The first-order valence-corrected chi connectivity index (χ1v) is 3.22. The van der Waals surface area contributed by atoms with Crippen molar-refractivity contribution in [3.05, 3.63) is 30.3 Å². The molecule has 1 aromatic carbocycles. The van der Waals surface area contributed by atoms with E-state index >= 15 is 0 Å². The molecule has 0 amide bonds. The van der Waals surface area contributed by atoms with E-state index in [-0.39, 0.29) is 0 Å². The summed E-state index contributed by atoms with van der Waals surface area (Å²) in [5.41, 5.74) is 2.91. The second kappa shape index (κ2) is 3.92. The van der Waals surface area contributed by atoms with Crippen molar-refractivity contribution in [2.75, 3.05) is 12.3 Å². The Bertz CT molecular complexity index is 203. The summed E-state index contributed by atoms with van der Waals surface area (Å²) in [6.45, 7) is 0. The molecule has 0 heterocycles. The van der Waals surface area contributed by atoms with Crippen LogP contribution in [0.25, 0.3) is 0 Å². The topological polar surface area (TPSA) is 44.7 Å². The van der Waals surface area contributed by atoms with Gasteiger partial charge in [0.15, 0.2) is 0 Å². The molecule has 11 heavy (non-hydrogen) atoms. The number of rotatable bonds is 3. The van der Waals surface area contributed by atoms with Crippen molar-refractivity contribution in [3.8, 4) is 0 Å². The van der Waals surface area contributed by atoms with Crippen molar-refractivity contribution in [3.63, 3.8) is 0 Å². The van der Waals surface area contributed by atoms with E-state index in [4.69, 9.17) is 5.21 Å². The summed E-state index contributed by atoms with van der Waals surface area (Å²) in [5, 5.41) is 9.72. The Balaban J connectivity index is 2.61. The quantitative estimate of drug-likeness (QED) is 0.636. The highest BCUT2D eigenvalue weighted by Crippen LogP contribution is 2.09. The summed E-state index contributed by atoms with van der Waals surface area (Å²) in [6.07, 6.45) is 0. The summed E-state index contributed by atoms with van der Waals surface area (Å²) < 4.78 is 0. The van der Waals surface area contributed by atoms with Crippen LogP contribution in [0.5, 0.6) is 0 Å². The second-order valence-electron chi connectivity index (χ2n) is 1.90. The normalized spacial score (nSPS) is 9.64. The van der Waals surface area contributed by atoms with Gasteiger partial charge < -0.3 is 0 Å². The van der Waals surface area contributed by atoms with Crippen LogP contribution in [-0.4, -0.2) is 12.3 Å². The second-order valence-corrected chi connectivity index (χ2v) is 1.90. The fourth-order valence-electron chi connectivity index (χ4n) is 0.695. The lowest BCUT2D eigenvalue weighted by Gasteiger charge is -2.13. The molecule has 0 saturated heterocycles. The molecule has 0 fully saturated rings. The van der Waals surface area contributed by atoms with Crippen LogP contribution in [0.3, 0.4) is 0 Å². The van der Waals surface area contributed by atoms with E-state index in [1.807, 2.05) is 6.07 Å². The van der Waals surface area contributed by atoms with Gasteiger partial charge in [-0.05, 0) is 12.1 Å². The lowest BCUT2D eigenvalue weighted by atomic mass is 10.3. The van der Waals surface area contributed by atoms with Gasteiger partial charge in [0.2, 0.25) is 0 Å². The van der Waals surface area contributed by atoms with Gasteiger partial charge in [0.05, 0.1) is 5.69 Å². The SMILES string of the molecule is CNON(O)c1ccccc1. The van der Waals surface area contributed by atoms with Gasteiger partial charge >= 0.3 is 0 Å². The third-order valence-electron chi connectivity index (χ3n) is 1.15. The Morgan fingerprint density at radius 3 is 2.55 bits per heavy atom. The number of para-hydroxylation sites is 1. The standard InChI is InChI=1S/C7H10N2O2/c1-8-11-9(10)7-5-3-2-4-6-7/h2-6,8,10H,1H3. The van der Waals surface area contributed by atoms with Crippen LogP contribution in [0.4, 0.5) is 5.69 Å². The van der Waals surface area contributed by atoms with Gasteiger partial charge in [-0.15, -0.1) is 5.23 Å². The van der Waals surface area contributed by atoms with Crippen LogP contribution in [0, 0.1) is 0 Å². The minimum absolute atomic E-state index is 0.571. The third-order valence-corrected chi connectivity index (χ3v) is 1.15. The van der Waals surface area contributed by atoms with Crippen LogP contribution in [0.2, 0.25) is 0 Å². The van der Waals surface area contributed by atoms with E-state index in [1.54, 1.807) is 31.3 Å². The van der Waals surface area contributed by atoms with Crippen molar-refractivity contribution in [1.29, 1.82) is 0 Å². The smallest absolute Gasteiger partial charge is 0.0963 e. The summed E-state index contributed by atoms with van der Waals surface area (Å²) in [7, 11) is 1.56. The van der Waals surface area contributed by atoms with Gasteiger partial charge in [-0.3, -0.25) is 5.21 Å². The fraction of sp³-hybridized carbons (Fsp3) is 0.143. The first-order chi connectivity index (χ1) is 5.34. The molecule has 0 bridgehead atoms. The van der Waals surface area contributed by atoms with Crippen LogP contribution < -0.4 is 10.7 Å². The van der Waals surface area contributed by atoms with Gasteiger partial charge in [-0.25, -0.2) is 0 Å². The highest BCUT2D eigenvalue weighted by molar-refractivity contribution is 5.40. The van der Waals surface area contributed by atoms with E-state index in [1.165, 1.54) is 0 Å². The zero-order valence-electron chi connectivity index (χ0n) is 6.19. The van der Waals surface area contributed by atoms with Gasteiger partial charge in [-0.1, -0.05) is 18.2 Å². The Morgan fingerprint density at radius 1 is 1.36 bits per heavy atom. The molecule has 0 atom stereocenters. The first-order valence-electron chi connectivity index (χ1n) is 3.22. The molecule has 0 saturated carbocycles. The average Bonchev–Trinajstić information content (AvgIpc) is 2.07. The predicted octanol–water partition coefficient (Wildman–Crippen LogP) is 0.948. The Hall–Kier alpha value is -1.10. The number of nitrogens with zero attached hydrogens (tertiary/aromatic N) is 1. The molecule has 0 aliphatic rings. The number of hydroxylamine groups is 1. The van der Waals surface area contributed by atoms with E-state index in [0.29, 0.717) is 10.9 Å². The number of hydrogen-bond acceptors (Lipinski definition) is 4. The molecule has 0 radical (unpaired) electrons. The van der Waals surface area contributed by atoms with Gasteiger partial charge in [0, 0.05) is 7.05 Å². The average molecular weight is 154 g/mol. The highest BCUT2D eigenvalue weighted by atomic mass is 17.0. The molecule has 4 nitrogen and oxygen atoms in total. The first kappa shape index (κ1) is 8.00. The number of benzene rings is 1. The highest BCUT2D eigenvalue weighted by Gasteiger charge is 1.98. The molecule has 60 valence electrons. The molecule has 0 spiro atoms. The Labute approximate surface area is 64.9 Å². The van der Waals surface area contributed by atoms with E-state index in [2.05, 4.69) is 10.4 Å². The molecule has 0 aromatic heterocycles. The summed E-state index contributed by atoms with van der Waals surface area (Å²) in [4.78, 5) is 4.57. The molecule has 1 aromatic rings. The molecule has 0 aliphatic carbocycles. The maximum absolute atomic E-state index is 9.07. The lowest BCUT2D eigenvalue weighted by molar-refractivity contribution is -0.0866. The summed E-state index contributed by atoms with van der Waals surface area (Å²) in [6, 6.07) is 8.90. The van der Waals surface area contributed by atoms with Crippen molar-refractivity contribution in [2.24, 2.45) is 0 Å². The number of anilines is 1. The van der Waals surface area contributed by atoms with Crippen molar-refractivity contribution >= 4 is 5.69 Å². The Kier molecular flexibility index (Phi) is 2.85. The number of hydrogen-bond donors (Lipinski definition) is 2.